The van der Waals surface area contributed by atoms with Crippen molar-refractivity contribution in [2.45, 2.75) is 0 Å². The molecule has 7 aromatic carbocycles. The maximum Gasteiger partial charge on any atom is 0.180 e. The number of rotatable bonds is 4. The number of furan rings is 1. The molecule has 0 amide bonds. The van der Waals surface area contributed by atoms with E-state index in [4.69, 9.17) is 23.6 Å². The molecule has 5 heteroatoms. The number of thiophene rings is 2. The molecule has 0 atom stereocenters. The first kappa shape index (κ1) is 18.2. The standard InChI is InChI=1S/C46H26N2OS2/c1-3-19-40-34(13-1)36-17-7-15-32(45(36)50-40)29-10-5-9-27(23-29)28-21-22-39-38(25-28)43-44(49-39)42(47-26-48-43)31-12-6-11-30(24-31)33-16-8-18-37-35-14-2-4-20-41(35)51-46(33)37/h1-26H/i1D,2D,3D,4D,7D,8D,13D,14D,15D,16D,17D,18D,19D,20D. The van der Waals surface area contributed by atoms with E-state index in [9.17, 15) is 0 Å². The van der Waals surface area contributed by atoms with E-state index in [-0.39, 0.29) is 91.4 Å². The molecule has 51 heavy (non-hydrogen) atoms. The zero-order valence-electron chi connectivity index (χ0n) is 40.0. The van der Waals surface area contributed by atoms with Crippen LogP contribution in [0, 0.1) is 0 Å². The number of aromatic nitrogens is 2. The Kier molecular flexibility index (Phi) is 3.99. The fourth-order valence-electron chi connectivity index (χ4n) is 6.70. The maximum atomic E-state index is 9.01. The summed E-state index contributed by atoms with van der Waals surface area (Å²) in [6.07, 6.45) is 1.42. The van der Waals surface area contributed by atoms with Crippen LogP contribution in [0.15, 0.2) is 162 Å². The number of benzene rings is 7. The molecule has 0 fully saturated rings. The Morgan fingerprint density at radius 1 is 0.490 bits per heavy atom. The van der Waals surface area contributed by atoms with Gasteiger partial charge in [0.05, 0.1) is 19.2 Å². The summed E-state index contributed by atoms with van der Waals surface area (Å²) in [6.45, 7) is 0. The predicted octanol–water partition coefficient (Wildman–Crippen LogP) is 13.8. The van der Waals surface area contributed by atoms with Crippen molar-refractivity contribution >= 4 is 85.1 Å². The van der Waals surface area contributed by atoms with Crippen LogP contribution in [0.25, 0.3) is 107 Å². The van der Waals surface area contributed by atoms with Gasteiger partial charge in [-0.1, -0.05) is 115 Å². The van der Waals surface area contributed by atoms with Crippen molar-refractivity contribution in [1.82, 2.24) is 9.97 Å². The lowest BCUT2D eigenvalue weighted by Gasteiger charge is -2.08. The van der Waals surface area contributed by atoms with Gasteiger partial charge >= 0.3 is 0 Å². The highest BCUT2D eigenvalue weighted by Gasteiger charge is 2.18. The molecule has 0 bridgehead atoms. The Morgan fingerprint density at radius 3 is 1.75 bits per heavy atom. The third kappa shape index (κ3) is 4.49. The van der Waals surface area contributed by atoms with Gasteiger partial charge in [-0.25, -0.2) is 9.97 Å². The molecular formula is C46H26N2OS2. The predicted molar refractivity (Wildman–Crippen MR) is 217 cm³/mol. The van der Waals surface area contributed by atoms with E-state index in [2.05, 4.69) is 9.97 Å². The maximum absolute atomic E-state index is 9.01. The monoisotopic (exact) mass is 700 g/mol. The van der Waals surface area contributed by atoms with Crippen LogP contribution in [0.3, 0.4) is 0 Å². The second-order valence-electron chi connectivity index (χ2n) is 11.9. The Morgan fingerprint density at radius 2 is 1.06 bits per heavy atom. The van der Waals surface area contributed by atoms with Crippen molar-refractivity contribution in [1.29, 1.82) is 0 Å². The highest BCUT2D eigenvalue weighted by molar-refractivity contribution is 7.26. The molecule has 0 unspecified atom stereocenters. The molecule has 4 aromatic heterocycles. The van der Waals surface area contributed by atoms with E-state index in [1.807, 2.05) is 42.5 Å². The van der Waals surface area contributed by atoms with E-state index >= 15 is 0 Å². The molecule has 0 saturated heterocycles. The minimum absolute atomic E-state index is 0.150. The Balaban J connectivity index is 1.04. The largest absolute Gasteiger partial charge is 0.452 e. The summed E-state index contributed by atoms with van der Waals surface area (Å²) in [7, 11) is 0. The molecule has 11 rings (SSSR count). The number of hydrogen-bond acceptors (Lipinski definition) is 5. The highest BCUT2D eigenvalue weighted by Crippen LogP contribution is 2.43. The average Bonchev–Trinajstić information content (AvgIpc) is 4.03. The zero-order valence-corrected chi connectivity index (χ0v) is 27.7. The molecule has 0 aliphatic carbocycles. The van der Waals surface area contributed by atoms with Gasteiger partial charge in [0.15, 0.2) is 5.58 Å². The lowest BCUT2D eigenvalue weighted by atomic mass is 9.97. The van der Waals surface area contributed by atoms with Crippen LogP contribution < -0.4 is 0 Å². The van der Waals surface area contributed by atoms with E-state index in [1.165, 1.54) is 6.33 Å². The Hall–Kier alpha value is -6.14. The third-order valence-electron chi connectivity index (χ3n) is 9.03. The van der Waals surface area contributed by atoms with Crippen molar-refractivity contribution in [3.05, 3.63) is 158 Å². The zero-order chi connectivity index (χ0) is 45.7. The van der Waals surface area contributed by atoms with Crippen LogP contribution in [0.4, 0.5) is 0 Å². The molecule has 4 heterocycles. The van der Waals surface area contributed by atoms with Crippen LogP contribution in [0.5, 0.6) is 0 Å². The third-order valence-corrected chi connectivity index (χ3v) is 11.3. The van der Waals surface area contributed by atoms with Gasteiger partial charge in [0.1, 0.15) is 23.1 Å². The van der Waals surface area contributed by atoms with Crippen molar-refractivity contribution in [3.63, 3.8) is 0 Å². The molecule has 3 nitrogen and oxygen atoms in total. The summed E-state index contributed by atoms with van der Waals surface area (Å²) < 4.78 is 128. The minimum Gasteiger partial charge on any atom is -0.452 e. The molecule has 0 aliphatic rings. The summed E-state index contributed by atoms with van der Waals surface area (Å²) >= 11 is 2.15. The number of hydrogen-bond donors (Lipinski definition) is 0. The molecular weight excluding hydrogens is 661 g/mol. The first-order valence-corrected chi connectivity index (χ1v) is 17.5. The topological polar surface area (TPSA) is 38.9 Å². The van der Waals surface area contributed by atoms with Crippen LogP contribution in [0.2, 0.25) is 0 Å². The Labute approximate surface area is 320 Å². The molecule has 0 aliphatic heterocycles. The van der Waals surface area contributed by atoms with Crippen molar-refractivity contribution in [2.24, 2.45) is 0 Å². The van der Waals surface area contributed by atoms with Gasteiger partial charge in [-0.15, -0.1) is 22.7 Å². The minimum atomic E-state index is -0.439. The fourth-order valence-corrected chi connectivity index (χ4v) is 8.88. The smallest absolute Gasteiger partial charge is 0.180 e. The summed E-state index contributed by atoms with van der Waals surface area (Å²) in [6, 6.07) is 15.7. The van der Waals surface area contributed by atoms with Gasteiger partial charge in [-0.2, -0.15) is 0 Å². The second kappa shape index (κ2) is 11.2. The van der Waals surface area contributed by atoms with Crippen LogP contribution in [-0.2, 0) is 0 Å². The highest BCUT2D eigenvalue weighted by atomic mass is 32.1. The molecule has 11 aromatic rings. The quantitative estimate of drug-likeness (QED) is 0.183. The van der Waals surface area contributed by atoms with Gasteiger partial charge in [0.2, 0.25) is 0 Å². The summed E-state index contributed by atoms with van der Waals surface area (Å²) in [5.74, 6) is 0. The lowest BCUT2D eigenvalue weighted by Crippen LogP contribution is -1.88. The van der Waals surface area contributed by atoms with Crippen molar-refractivity contribution in [2.75, 3.05) is 0 Å². The number of fused-ring (bicyclic) bond motifs is 9. The van der Waals surface area contributed by atoms with E-state index in [1.54, 1.807) is 24.3 Å². The van der Waals surface area contributed by atoms with Gasteiger partial charge in [0, 0.05) is 51.3 Å². The lowest BCUT2D eigenvalue weighted by molar-refractivity contribution is 0.667. The van der Waals surface area contributed by atoms with Gasteiger partial charge in [0.25, 0.3) is 0 Å². The molecule has 0 N–H and O–H groups in total. The molecule has 238 valence electrons. The Bertz CT molecular complexity index is 3970. The van der Waals surface area contributed by atoms with Gasteiger partial charge in [-0.3, -0.25) is 0 Å². The molecule has 0 radical (unpaired) electrons. The van der Waals surface area contributed by atoms with E-state index < -0.39 is 24.2 Å². The van der Waals surface area contributed by atoms with Crippen molar-refractivity contribution < 1.29 is 23.6 Å². The average molecular weight is 701 g/mol. The normalized spacial score (nSPS) is 15.8. The van der Waals surface area contributed by atoms with Gasteiger partial charge in [-0.05, 0) is 69.7 Å². The summed E-state index contributed by atoms with van der Waals surface area (Å²) in [4.78, 5) is 9.23. The van der Waals surface area contributed by atoms with Crippen LogP contribution >= 0.6 is 22.7 Å². The number of nitrogens with zero attached hydrogens (tertiary/aromatic N) is 2. The molecule has 0 saturated carbocycles. The summed E-state index contributed by atoms with van der Waals surface area (Å²) in [5, 5.41) is 1.40. The SMILES string of the molecule is [2H]c1c([2H])c([2H])c2c(sc3c(-c4cccc(-c5ccc6oc7c(-c8cccc(-c9c([2H])c([2H])c([2H])c%10c9sc9c([2H])c([2H])c([2H])c([2H])c9%10)c8)ncnc7c6c5)c4)c([2H])c([2H])c([2H])c32)c1[2H]. The first-order chi connectivity index (χ1) is 31.1. The van der Waals surface area contributed by atoms with E-state index in [0.717, 1.165) is 33.8 Å². The first-order valence-electron chi connectivity index (χ1n) is 22.8. The van der Waals surface area contributed by atoms with Crippen LogP contribution in [-0.4, -0.2) is 9.97 Å². The van der Waals surface area contributed by atoms with Crippen LogP contribution in [0.1, 0.15) is 19.2 Å². The second-order valence-corrected chi connectivity index (χ2v) is 13.9. The van der Waals surface area contributed by atoms with E-state index in [0.29, 0.717) is 65.0 Å². The summed E-state index contributed by atoms with van der Waals surface area (Å²) in [5.41, 5.74) is 5.72. The van der Waals surface area contributed by atoms with Crippen molar-refractivity contribution in [3.8, 4) is 44.6 Å². The fraction of sp³-hybridized carbons (Fsp3) is 0. The molecule has 0 spiro atoms. The van der Waals surface area contributed by atoms with Gasteiger partial charge < -0.3 is 4.42 Å².